The van der Waals surface area contributed by atoms with Crippen LogP contribution in [0.5, 0.6) is 0 Å². The highest BCUT2D eigenvalue weighted by atomic mass is 16.5. The van der Waals surface area contributed by atoms with Crippen LogP contribution in [0, 0.1) is 5.92 Å². The molecule has 0 atom stereocenters. The second-order valence-electron chi connectivity index (χ2n) is 6.73. The van der Waals surface area contributed by atoms with Gasteiger partial charge in [-0.1, -0.05) is 31.9 Å². The van der Waals surface area contributed by atoms with Crippen molar-refractivity contribution in [3.63, 3.8) is 0 Å². The van der Waals surface area contributed by atoms with E-state index < -0.39 is 0 Å². The van der Waals surface area contributed by atoms with Crippen molar-refractivity contribution in [1.29, 1.82) is 0 Å². The van der Waals surface area contributed by atoms with Crippen LogP contribution in [0.15, 0.2) is 6.20 Å². The molecule has 0 saturated heterocycles. The van der Waals surface area contributed by atoms with Crippen LogP contribution in [0.1, 0.15) is 52.7 Å². The van der Waals surface area contributed by atoms with Crippen molar-refractivity contribution < 1.29 is 14.2 Å². The average Bonchev–Trinajstić information content (AvgIpc) is 2.96. The standard InChI is InChI=1S/C18H35N3O3/c1-16(2)7-5-6-10-22-13-14-23-12-9-21-18(15-19-20-21)8-11-24-17(3)4/h15-17H,5-14H2,1-4H3. The van der Waals surface area contributed by atoms with E-state index in [-0.39, 0.29) is 6.10 Å². The smallest absolute Gasteiger partial charge is 0.0726 e. The van der Waals surface area contributed by atoms with Gasteiger partial charge in [-0.2, -0.15) is 0 Å². The Hall–Kier alpha value is -0.980. The molecule has 0 amide bonds. The van der Waals surface area contributed by atoms with E-state index in [2.05, 4.69) is 24.2 Å². The maximum absolute atomic E-state index is 5.60. The van der Waals surface area contributed by atoms with Gasteiger partial charge >= 0.3 is 0 Å². The number of unbranched alkanes of at least 4 members (excludes halogenated alkanes) is 1. The lowest BCUT2D eigenvalue weighted by molar-refractivity contribution is 0.0418. The Morgan fingerprint density at radius 2 is 1.71 bits per heavy atom. The fraction of sp³-hybridized carbons (Fsp3) is 0.889. The number of ether oxygens (including phenoxy) is 3. The van der Waals surface area contributed by atoms with Crippen molar-refractivity contribution in [3.8, 4) is 0 Å². The van der Waals surface area contributed by atoms with Gasteiger partial charge < -0.3 is 14.2 Å². The molecule has 6 heteroatoms. The zero-order valence-electron chi connectivity index (χ0n) is 15.9. The molecule has 0 saturated carbocycles. The molecular weight excluding hydrogens is 306 g/mol. The predicted octanol–water partition coefficient (Wildman–Crippen LogP) is 3.11. The molecule has 0 spiro atoms. The third-order valence-corrected chi connectivity index (χ3v) is 3.65. The molecule has 0 fully saturated rings. The van der Waals surface area contributed by atoms with E-state index in [4.69, 9.17) is 14.2 Å². The quantitative estimate of drug-likeness (QED) is 0.459. The summed E-state index contributed by atoms with van der Waals surface area (Å²) in [6, 6.07) is 0. The summed E-state index contributed by atoms with van der Waals surface area (Å²) in [5.41, 5.74) is 1.08. The Labute approximate surface area is 146 Å². The maximum Gasteiger partial charge on any atom is 0.0726 e. The molecule has 0 aliphatic heterocycles. The molecule has 0 aliphatic rings. The topological polar surface area (TPSA) is 58.4 Å². The summed E-state index contributed by atoms with van der Waals surface area (Å²) in [4.78, 5) is 0. The molecular formula is C18H35N3O3. The number of hydrogen-bond donors (Lipinski definition) is 0. The summed E-state index contributed by atoms with van der Waals surface area (Å²) in [6.45, 7) is 12.7. The molecule has 6 nitrogen and oxygen atoms in total. The molecule has 0 N–H and O–H groups in total. The first-order chi connectivity index (χ1) is 11.6. The minimum Gasteiger partial charge on any atom is -0.379 e. The largest absolute Gasteiger partial charge is 0.379 e. The van der Waals surface area contributed by atoms with Gasteiger partial charge in [-0.3, -0.25) is 0 Å². The normalized spacial score (nSPS) is 11.8. The lowest BCUT2D eigenvalue weighted by Crippen LogP contribution is -2.15. The van der Waals surface area contributed by atoms with E-state index in [9.17, 15) is 0 Å². The van der Waals surface area contributed by atoms with Gasteiger partial charge in [-0.25, -0.2) is 4.68 Å². The minimum absolute atomic E-state index is 0.253. The molecule has 0 aliphatic carbocycles. The maximum atomic E-state index is 5.60. The summed E-state index contributed by atoms with van der Waals surface area (Å²) in [7, 11) is 0. The highest BCUT2D eigenvalue weighted by Gasteiger charge is 2.04. The number of nitrogens with zero attached hydrogens (tertiary/aromatic N) is 3. The van der Waals surface area contributed by atoms with Crippen molar-refractivity contribution in [2.24, 2.45) is 5.92 Å². The van der Waals surface area contributed by atoms with Crippen molar-refractivity contribution >= 4 is 0 Å². The summed E-state index contributed by atoms with van der Waals surface area (Å²) < 4.78 is 18.6. The van der Waals surface area contributed by atoms with Gasteiger partial charge in [-0.15, -0.1) is 5.10 Å². The molecule has 1 heterocycles. The highest BCUT2D eigenvalue weighted by Crippen LogP contribution is 2.05. The second-order valence-corrected chi connectivity index (χ2v) is 6.73. The van der Waals surface area contributed by atoms with E-state index in [1.807, 2.05) is 18.5 Å². The van der Waals surface area contributed by atoms with Crippen LogP contribution < -0.4 is 0 Å². The Bertz CT molecular complexity index is 408. The summed E-state index contributed by atoms with van der Waals surface area (Å²) in [5, 5.41) is 8.06. The minimum atomic E-state index is 0.253. The third kappa shape index (κ3) is 10.7. The molecule has 0 bridgehead atoms. The van der Waals surface area contributed by atoms with Gasteiger partial charge in [0, 0.05) is 13.0 Å². The Morgan fingerprint density at radius 1 is 0.958 bits per heavy atom. The van der Waals surface area contributed by atoms with Crippen LogP contribution in [0.3, 0.4) is 0 Å². The van der Waals surface area contributed by atoms with Gasteiger partial charge in [0.2, 0.25) is 0 Å². The third-order valence-electron chi connectivity index (χ3n) is 3.65. The van der Waals surface area contributed by atoms with Gasteiger partial charge in [0.05, 0.1) is 51.0 Å². The van der Waals surface area contributed by atoms with Crippen molar-refractivity contribution in [2.75, 3.05) is 33.0 Å². The first-order valence-electron chi connectivity index (χ1n) is 9.24. The number of hydrogen-bond acceptors (Lipinski definition) is 5. The zero-order chi connectivity index (χ0) is 17.6. The molecule has 1 rings (SSSR count). The fourth-order valence-electron chi connectivity index (χ4n) is 2.29. The SMILES string of the molecule is CC(C)CCCCOCCOCCn1nncc1CCOC(C)C. The molecule has 1 aromatic heterocycles. The number of aromatic nitrogens is 3. The van der Waals surface area contributed by atoms with Crippen LogP contribution in [0.2, 0.25) is 0 Å². The molecule has 1 aromatic rings. The molecule has 0 unspecified atom stereocenters. The van der Waals surface area contributed by atoms with E-state index in [0.717, 1.165) is 31.1 Å². The molecule has 24 heavy (non-hydrogen) atoms. The summed E-state index contributed by atoms with van der Waals surface area (Å²) in [6.07, 6.45) is 6.53. The lowest BCUT2D eigenvalue weighted by atomic mass is 10.1. The van der Waals surface area contributed by atoms with E-state index >= 15 is 0 Å². The van der Waals surface area contributed by atoms with Crippen molar-refractivity contribution in [1.82, 2.24) is 15.0 Å². The van der Waals surface area contributed by atoms with Crippen molar-refractivity contribution in [2.45, 2.75) is 66.0 Å². The second kappa shape index (κ2) is 13.3. The van der Waals surface area contributed by atoms with Gasteiger partial charge in [0.15, 0.2) is 0 Å². The first kappa shape index (κ1) is 21.1. The van der Waals surface area contributed by atoms with Crippen LogP contribution in [0.4, 0.5) is 0 Å². The fourth-order valence-corrected chi connectivity index (χ4v) is 2.29. The van der Waals surface area contributed by atoms with E-state index in [0.29, 0.717) is 33.0 Å². The van der Waals surface area contributed by atoms with Gasteiger partial charge in [-0.05, 0) is 26.2 Å². The van der Waals surface area contributed by atoms with Gasteiger partial charge in [0.1, 0.15) is 0 Å². The molecule has 140 valence electrons. The predicted molar refractivity (Wildman–Crippen MR) is 95.1 cm³/mol. The molecule has 0 aromatic carbocycles. The van der Waals surface area contributed by atoms with Crippen LogP contribution >= 0.6 is 0 Å². The Kier molecular flexibility index (Phi) is 11.7. The zero-order valence-corrected chi connectivity index (χ0v) is 15.9. The van der Waals surface area contributed by atoms with Crippen molar-refractivity contribution in [3.05, 3.63) is 11.9 Å². The van der Waals surface area contributed by atoms with Crippen LogP contribution in [-0.2, 0) is 27.2 Å². The van der Waals surface area contributed by atoms with E-state index in [1.165, 1.54) is 12.8 Å². The first-order valence-corrected chi connectivity index (χ1v) is 9.24. The Morgan fingerprint density at radius 3 is 2.42 bits per heavy atom. The lowest BCUT2D eigenvalue weighted by Gasteiger charge is -2.09. The number of rotatable bonds is 15. The average molecular weight is 341 g/mol. The van der Waals surface area contributed by atoms with E-state index in [1.54, 1.807) is 6.20 Å². The summed E-state index contributed by atoms with van der Waals surface area (Å²) in [5.74, 6) is 0.784. The van der Waals surface area contributed by atoms with Gasteiger partial charge in [0.25, 0.3) is 0 Å². The highest BCUT2D eigenvalue weighted by molar-refractivity contribution is 4.94. The Balaban J connectivity index is 1.99. The van der Waals surface area contributed by atoms with Crippen LogP contribution in [0.25, 0.3) is 0 Å². The monoisotopic (exact) mass is 341 g/mol. The van der Waals surface area contributed by atoms with Crippen LogP contribution in [-0.4, -0.2) is 54.1 Å². The molecule has 0 radical (unpaired) electrons. The summed E-state index contributed by atoms with van der Waals surface area (Å²) >= 11 is 0.